The number of nitrogens with one attached hydrogen (secondary N) is 1. The third kappa shape index (κ3) is 4.52. The van der Waals surface area contributed by atoms with E-state index in [1.54, 1.807) is 55.5 Å². The number of aromatic hydroxyl groups is 2. The molecule has 0 aliphatic rings. The summed E-state index contributed by atoms with van der Waals surface area (Å²) in [6.07, 6.45) is 0. The van der Waals surface area contributed by atoms with Crippen molar-refractivity contribution in [3.63, 3.8) is 0 Å². The molecule has 0 spiro atoms. The van der Waals surface area contributed by atoms with Crippen LogP contribution < -0.4 is 10.1 Å². The molecule has 0 saturated heterocycles. The first-order chi connectivity index (χ1) is 16.0. The molecule has 7 heteroatoms. The zero-order chi connectivity index (χ0) is 23.4. The molecule has 7 nitrogen and oxygen atoms in total. The normalized spacial score (nSPS) is 10.7. The van der Waals surface area contributed by atoms with Crippen LogP contribution in [0.3, 0.4) is 0 Å². The van der Waals surface area contributed by atoms with Gasteiger partial charge in [-0.25, -0.2) is 9.78 Å². The molecule has 0 aliphatic heterocycles. The molecule has 4 rings (SSSR count). The summed E-state index contributed by atoms with van der Waals surface area (Å²) in [5.41, 5.74) is 3.41. The largest absolute Gasteiger partial charge is 0.505 e. The summed E-state index contributed by atoms with van der Waals surface area (Å²) in [4.78, 5) is 16.4. The van der Waals surface area contributed by atoms with Crippen molar-refractivity contribution in [2.24, 2.45) is 0 Å². The number of hydrogen-bond donors (Lipinski definition) is 3. The van der Waals surface area contributed by atoms with Gasteiger partial charge in [-0.05, 0) is 49.4 Å². The number of phenolic OH excluding ortho intramolecular Hbond substituents is 2. The predicted molar refractivity (Wildman–Crippen MR) is 127 cm³/mol. The Morgan fingerprint density at radius 1 is 0.970 bits per heavy atom. The Kier molecular flexibility index (Phi) is 6.31. The number of aromatic nitrogens is 1. The van der Waals surface area contributed by atoms with Crippen LogP contribution in [-0.2, 0) is 11.3 Å². The van der Waals surface area contributed by atoms with Gasteiger partial charge in [0.15, 0.2) is 11.5 Å². The zero-order valence-electron chi connectivity index (χ0n) is 18.3. The quantitative estimate of drug-likeness (QED) is 0.341. The minimum Gasteiger partial charge on any atom is -0.505 e. The van der Waals surface area contributed by atoms with E-state index in [1.165, 1.54) is 7.11 Å². The third-order valence-electron chi connectivity index (χ3n) is 5.29. The second kappa shape index (κ2) is 9.48. The van der Waals surface area contributed by atoms with Gasteiger partial charge in [0.25, 0.3) is 0 Å². The molecule has 0 amide bonds. The van der Waals surface area contributed by atoms with Crippen LogP contribution in [0.4, 0.5) is 5.69 Å². The number of ether oxygens (including phenoxy) is 2. The molecule has 3 N–H and O–H groups in total. The molecular formula is C26H24N2O5. The first-order valence-electron chi connectivity index (χ1n) is 10.5. The van der Waals surface area contributed by atoms with Gasteiger partial charge in [0.05, 0.1) is 25.0 Å². The number of nitrogens with zero attached hydrogens (tertiary/aromatic N) is 1. The topological polar surface area (TPSA) is 101 Å². The Bertz CT molecular complexity index is 1300. The van der Waals surface area contributed by atoms with Crippen molar-refractivity contribution in [1.29, 1.82) is 0 Å². The predicted octanol–water partition coefficient (Wildman–Crippen LogP) is 5.11. The summed E-state index contributed by atoms with van der Waals surface area (Å²) >= 11 is 0. The van der Waals surface area contributed by atoms with Gasteiger partial charge in [-0.1, -0.05) is 24.3 Å². The molecule has 0 radical (unpaired) electrons. The fourth-order valence-corrected chi connectivity index (χ4v) is 3.54. The van der Waals surface area contributed by atoms with E-state index in [2.05, 4.69) is 10.3 Å². The van der Waals surface area contributed by atoms with Crippen molar-refractivity contribution in [2.45, 2.75) is 13.5 Å². The van der Waals surface area contributed by atoms with Gasteiger partial charge in [-0.15, -0.1) is 0 Å². The lowest BCUT2D eigenvalue weighted by atomic mass is 10.1. The maximum absolute atomic E-state index is 11.8. The van der Waals surface area contributed by atoms with Crippen LogP contribution in [0.15, 0.2) is 66.7 Å². The highest BCUT2D eigenvalue weighted by Crippen LogP contribution is 2.37. The van der Waals surface area contributed by atoms with Crippen molar-refractivity contribution in [3.8, 4) is 28.5 Å². The molecule has 3 aromatic carbocycles. The van der Waals surface area contributed by atoms with Gasteiger partial charge in [0.2, 0.25) is 0 Å². The second-order valence-electron chi connectivity index (χ2n) is 7.35. The molecular weight excluding hydrogens is 420 g/mol. The SMILES string of the molecule is CCOC(=O)c1ccc(NCc2ccc3ccc(-c4cccc(OC)c4O)nc3c2O)cc1. The number of pyridine rings is 1. The van der Waals surface area contributed by atoms with Crippen molar-refractivity contribution in [1.82, 2.24) is 4.98 Å². The molecule has 0 fully saturated rings. The van der Waals surface area contributed by atoms with E-state index in [4.69, 9.17) is 9.47 Å². The Hall–Kier alpha value is -4.26. The van der Waals surface area contributed by atoms with Gasteiger partial charge < -0.3 is 25.0 Å². The van der Waals surface area contributed by atoms with Crippen LogP contribution in [0.5, 0.6) is 17.2 Å². The molecule has 0 saturated carbocycles. The average Bonchev–Trinajstić information content (AvgIpc) is 2.84. The summed E-state index contributed by atoms with van der Waals surface area (Å²) in [6, 6.07) is 19.5. The lowest BCUT2D eigenvalue weighted by molar-refractivity contribution is 0.0526. The average molecular weight is 444 g/mol. The van der Waals surface area contributed by atoms with Crippen molar-refractivity contribution < 1.29 is 24.5 Å². The lowest BCUT2D eigenvalue weighted by Crippen LogP contribution is -2.05. The van der Waals surface area contributed by atoms with E-state index in [1.807, 2.05) is 18.2 Å². The van der Waals surface area contributed by atoms with E-state index in [0.717, 1.165) is 11.1 Å². The molecule has 0 aliphatic carbocycles. The highest BCUT2D eigenvalue weighted by molar-refractivity contribution is 5.90. The molecule has 1 aromatic heterocycles. The zero-order valence-corrected chi connectivity index (χ0v) is 18.3. The summed E-state index contributed by atoms with van der Waals surface area (Å²) < 4.78 is 10.2. The third-order valence-corrected chi connectivity index (χ3v) is 5.29. The number of carbonyl (C=O) groups is 1. The number of benzene rings is 3. The lowest BCUT2D eigenvalue weighted by Gasteiger charge is -2.12. The highest BCUT2D eigenvalue weighted by Gasteiger charge is 2.14. The molecule has 1 heterocycles. The molecule has 0 bridgehead atoms. The Labute approximate surface area is 191 Å². The maximum atomic E-state index is 11.8. The number of hydrogen-bond acceptors (Lipinski definition) is 7. The van der Waals surface area contributed by atoms with Crippen LogP contribution in [0, 0.1) is 0 Å². The van der Waals surface area contributed by atoms with Crippen LogP contribution in [0.2, 0.25) is 0 Å². The van der Waals surface area contributed by atoms with Gasteiger partial charge in [-0.2, -0.15) is 0 Å². The second-order valence-corrected chi connectivity index (χ2v) is 7.35. The number of para-hydroxylation sites is 1. The summed E-state index contributed by atoms with van der Waals surface area (Å²) in [5, 5.41) is 25.4. The molecule has 0 atom stereocenters. The molecule has 4 aromatic rings. The van der Waals surface area contributed by atoms with Crippen LogP contribution in [0.1, 0.15) is 22.8 Å². The van der Waals surface area contributed by atoms with Gasteiger partial charge >= 0.3 is 5.97 Å². The highest BCUT2D eigenvalue weighted by atomic mass is 16.5. The van der Waals surface area contributed by atoms with E-state index < -0.39 is 0 Å². The minimum absolute atomic E-state index is 0.00423. The molecule has 33 heavy (non-hydrogen) atoms. The van der Waals surface area contributed by atoms with Crippen molar-refractivity contribution in [2.75, 3.05) is 19.0 Å². The number of rotatable bonds is 7. The van der Waals surface area contributed by atoms with Crippen molar-refractivity contribution in [3.05, 3.63) is 77.9 Å². The summed E-state index contributed by atoms with van der Waals surface area (Å²) in [7, 11) is 1.49. The van der Waals surface area contributed by atoms with Gasteiger partial charge in [-0.3, -0.25) is 0 Å². The number of anilines is 1. The van der Waals surface area contributed by atoms with Gasteiger partial charge in [0.1, 0.15) is 11.3 Å². The molecule has 168 valence electrons. The maximum Gasteiger partial charge on any atom is 0.338 e. The van der Waals surface area contributed by atoms with E-state index >= 15 is 0 Å². The Morgan fingerprint density at radius 2 is 1.73 bits per heavy atom. The first-order valence-corrected chi connectivity index (χ1v) is 10.5. The standard InChI is InChI=1S/C26H24N2O5/c1-3-33-26(31)17-9-12-19(13-10-17)27-15-18-8-7-16-11-14-21(28-23(16)24(18)29)20-5-4-6-22(32-2)25(20)30/h4-14,27,29-30H,3,15H2,1-2H3. The first kappa shape index (κ1) is 22.0. The summed E-state index contributed by atoms with van der Waals surface area (Å²) in [6.45, 7) is 2.45. The van der Waals surface area contributed by atoms with E-state index in [-0.39, 0.29) is 17.5 Å². The number of carbonyl (C=O) groups excluding carboxylic acids is 1. The number of fused-ring (bicyclic) bond motifs is 1. The van der Waals surface area contributed by atoms with Crippen LogP contribution in [0.25, 0.3) is 22.2 Å². The van der Waals surface area contributed by atoms with Crippen molar-refractivity contribution >= 4 is 22.6 Å². The van der Waals surface area contributed by atoms with Gasteiger partial charge in [0, 0.05) is 28.7 Å². The fraction of sp³-hybridized carbons (Fsp3) is 0.154. The Balaban J connectivity index is 1.58. The van der Waals surface area contributed by atoms with E-state index in [9.17, 15) is 15.0 Å². The monoisotopic (exact) mass is 444 g/mol. The molecule has 0 unspecified atom stereocenters. The smallest absolute Gasteiger partial charge is 0.338 e. The number of phenols is 2. The van der Waals surface area contributed by atoms with Crippen LogP contribution in [-0.4, -0.2) is 34.9 Å². The fourth-order valence-electron chi connectivity index (χ4n) is 3.54. The minimum atomic E-state index is -0.361. The summed E-state index contributed by atoms with van der Waals surface area (Å²) in [5.74, 6) is 0.0496. The number of methoxy groups -OCH3 is 1. The van der Waals surface area contributed by atoms with E-state index in [0.29, 0.717) is 46.8 Å². The Morgan fingerprint density at radius 3 is 2.45 bits per heavy atom. The number of esters is 1. The van der Waals surface area contributed by atoms with Crippen LogP contribution >= 0.6 is 0 Å².